The van der Waals surface area contributed by atoms with E-state index in [0.29, 0.717) is 6.42 Å². The van der Waals surface area contributed by atoms with Gasteiger partial charge in [-0.1, -0.05) is 36.1 Å². The highest BCUT2D eigenvalue weighted by Crippen LogP contribution is 2.61. The van der Waals surface area contributed by atoms with E-state index in [1.807, 2.05) is 0 Å². The highest BCUT2D eigenvalue weighted by molar-refractivity contribution is 7.73. The summed E-state index contributed by atoms with van der Waals surface area (Å²) in [6.45, 7) is 7.31. The Hall–Kier alpha value is -0.180. The van der Waals surface area contributed by atoms with Gasteiger partial charge in [-0.05, 0) is 52.9 Å². The molecule has 0 aliphatic rings. The minimum Gasteiger partial charge on any atom is -0.344 e. The van der Waals surface area contributed by atoms with Crippen LogP contribution in [0.2, 0.25) is 0 Å². The van der Waals surface area contributed by atoms with Gasteiger partial charge in [-0.3, -0.25) is 9.13 Å². The fraction of sp³-hybridized carbons (Fsp3) is 0.750. The number of hydrogen-bond donors (Lipinski definition) is 3. The predicted molar refractivity (Wildman–Crippen MR) is 97.1 cm³/mol. The Morgan fingerprint density at radius 2 is 1.57 bits per heavy atom. The Kier molecular flexibility index (Phi) is 10.6. The molecule has 0 radical (unpaired) electrons. The molecule has 7 heteroatoms. The van der Waals surface area contributed by atoms with E-state index in [1.54, 1.807) is 0 Å². The molecule has 0 aromatic heterocycles. The molecule has 2 atom stereocenters. The molecule has 0 spiro atoms. The summed E-state index contributed by atoms with van der Waals surface area (Å²) in [5.74, 6) is 0. The fourth-order valence-corrected chi connectivity index (χ4v) is 5.79. The van der Waals surface area contributed by atoms with Crippen LogP contribution in [-0.2, 0) is 9.13 Å². The first kappa shape index (κ1) is 22.8. The molecule has 0 heterocycles. The largest absolute Gasteiger partial charge is 0.344 e. The lowest BCUT2D eigenvalue weighted by atomic mass is 10.1. The van der Waals surface area contributed by atoms with Gasteiger partial charge in [0.25, 0.3) is 0 Å². The van der Waals surface area contributed by atoms with E-state index < -0.39 is 20.4 Å². The number of allylic oxidation sites excluding steroid dienone is 4. The second-order valence-corrected chi connectivity index (χ2v) is 11.2. The normalized spacial score (nSPS) is 16.7. The molecule has 0 aromatic carbocycles. The molecule has 0 rings (SSSR count). The van der Waals surface area contributed by atoms with Crippen molar-refractivity contribution in [3.63, 3.8) is 0 Å². The third-order valence-corrected chi connectivity index (χ3v) is 8.28. The Balaban J connectivity index is 4.06. The van der Waals surface area contributed by atoms with Crippen LogP contribution in [0.3, 0.4) is 0 Å². The summed E-state index contributed by atoms with van der Waals surface area (Å²) in [5.41, 5.74) is 2.68. The highest BCUT2D eigenvalue weighted by Gasteiger charge is 2.39. The molecule has 23 heavy (non-hydrogen) atoms. The van der Waals surface area contributed by atoms with Crippen molar-refractivity contribution in [1.29, 1.82) is 0 Å². The maximum Gasteiger partial charge on any atom is 0.338 e. The Bertz CT molecular complexity index is 473. The molecule has 0 aliphatic heterocycles. The van der Waals surface area contributed by atoms with Crippen LogP contribution >= 0.6 is 15.0 Å². The summed E-state index contributed by atoms with van der Waals surface area (Å²) in [6.07, 6.45) is 9.84. The second kappa shape index (κ2) is 10.6. The van der Waals surface area contributed by atoms with Gasteiger partial charge in [0.15, 0.2) is 0 Å². The van der Waals surface area contributed by atoms with Crippen molar-refractivity contribution in [2.24, 2.45) is 0 Å². The maximum atomic E-state index is 11.6. The molecular formula is C16H32O5P2. The van der Waals surface area contributed by atoms with E-state index in [9.17, 15) is 23.8 Å². The SMILES string of the molecule is CC(C)=CCC/C(C)=C/CCCCCC(P(C)(=O)O)P(=O)(O)O. The van der Waals surface area contributed by atoms with Gasteiger partial charge in [0.1, 0.15) is 5.40 Å². The molecule has 136 valence electrons. The van der Waals surface area contributed by atoms with E-state index in [2.05, 4.69) is 32.9 Å². The van der Waals surface area contributed by atoms with Crippen molar-refractivity contribution < 1.29 is 23.8 Å². The zero-order chi connectivity index (χ0) is 18.1. The quantitative estimate of drug-likeness (QED) is 0.271. The lowest BCUT2D eigenvalue weighted by molar-refractivity contribution is 0.359. The van der Waals surface area contributed by atoms with Crippen LogP contribution in [0, 0.1) is 0 Å². The first-order chi connectivity index (χ1) is 10.4. The van der Waals surface area contributed by atoms with E-state index in [-0.39, 0.29) is 6.42 Å². The molecule has 0 fully saturated rings. The minimum absolute atomic E-state index is 0.0951. The van der Waals surface area contributed by atoms with Crippen LogP contribution in [0.4, 0.5) is 0 Å². The van der Waals surface area contributed by atoms with Crippen LogP contribution in [-0.4, -0.2) is 26.7 Å². The van der Waals surface area contributed by atoms with Crippen molar-refractivity contribution in [3.8, 4) is 0 Å². The molecule has 0 aromatic rings. The Morgan fingerprint density at radius 1 is 0.957 bits per heavy atom. The monoisotopic (exact) mass is 366 g/mol. The van der Waals surface area contributed by atoms with Crippen molar-refractivity contribution in [3.05, 3.63) is 23.3 Å². The number of unbranched alkanes of at least 4 members (excludes halogenated alkanes) is 3. The molecule has 0 amide bonds. The summed E-state index contributed by atoms with van der Waals surface area (Å²) in [6, 6.07) is 0. The summed E-state index contributed by atoms with van der Waals surface area (Å²) in [4.78, 5) is 27.8. The highest BCUT2D eigenvalue weighted by atomic mass is 31.2. The first-order valence-electron chi connectivity index (χ1n) is 8.08. The van der Waals surface area contributed by atoms with Gasteiger partial charge >= 0.3 is 7.60 Å². The van der Waals surface area contributed by atoms with E-state index in [4.69, 9.17) is 0 Å². The molecule has 0 saturated heterocycles. The summed E-state index contributed by atoms with van der Waals surface area (Å²) >= 11 is 0. The van der Waals surface area contributed by atoms with Crippen LogP contribution in [0.15, 0.2) is 23.3 Å². The van der Waals surface area contributed by atoms with Crippen LogP contribution in [0.5, 0.6) is 0 Å². The van der Waals surface area contributed by atoms with Gasteiger partial charge in [0, 0.05) is 6.66 Å². The van der Waals surface area contributed by atoms with Crippen molar-refractivity contribution in [1.82, 2.24) is 0 Å². The summed E-state index contributed by atoms with van der Waals surface area (Å²) in [5, 5.41) is -1.42. The lowest BCUT2D eigenvalue weighted by Gasteiger charge is -2.20. The zero-order valence-corrected chi connectivity index (χ0v) is 16.5. The predicted octanol–water partition coefficient (Wildman–Crippen LogP) is 5.03. The fourth-order valence-electron chi connectivity index (χ4n) is 2.37. The molecule has 0 saturated carbocycles. The van der Waals surface area contributed by atoms with Crippen LogP contribution in [0.1, 0.15) is 65.7 Å². The van der Waals surface area contributed by atoms with Gasteiger partial charge in [-0.25, -0.2) is 0 Å². The molecule has 3 N–H and O–H groups in total. The van der Waals surface area contributed by atoms with E-state index >= 15 is 0 Å². The van der Waals surface area contributed by atoms with Crippen molar-refractivity contribution >= 4 is 15.0 Å². The number of hydrogen-bond acceptors (Lipinski definition) is 2. The third kappa shape index (κ3) is 11.9. The Labute approximate surface area is 140 Å². The van der Waals surface area contributed by atoms with Crippen molar-refractivity contribution in [2.45, 2.75) is 71.1 Å². The van der Waals surface area contributed by atoms with E-state index in [0.717, 1.165) is 38.8 Å². The van der Waals surface area contributed by atoms with Gasteiger partial charge in [0.2, 0.25) is 7.37 Å². The Morgan fingerprint density at radius 3 is 2.04 bits per heavy atom. The smallest absolute Gasteiger partial charge is 0.338 e. The summed E-state index contributed by atoms with van der Waals surface area (Å²) < 4.78 is 22.9. The van der Waals surface area contributed by atoms with Gasteiger partial charge < -0.3 is 14.7 Å². The molecule has 5 nitrogen and oxygen atoms in total. The lowest BCUT2D eigenvalue weighted by Crippen LogP contribution is -2.08. The zero-order valence-electron chi connectivity index (χ0n) is 14.7. The maximum absolute atomic E-state index is 11.6. The second-order valence-electron chi connectivity index (χ2n) is 6.52. The standard InChI is InChI=1S/C16H32O5P2/c1-14(2)10-9-12-15(3)11-7-5-6-8-13-16(22(4,17)18)23(19,20)21/h10-11,16H,5-9,12-13H2,1-4H3,(H,17,18)(H2,19,20,21)/b15-11+. The molecule has 2 unspecified atom stereocenters. The summed E-state index contributed by atoms with van der Waals surface area (Å²) in [7, 11) is -8.29. The van der Waals surface area contributed by atoms with Crippen molar-refractivity contribution in [2.75, 3.05) is 6.66 Å². The minimum atomic E-state index is -4.52. The average Bonchev–Trinajstić information content (AvgIpc) is 2.33. The molecular weight excluding hydrogens is 334 g/mol. The van der Waals surface area contributed by atoms with Crippen LogP contribution in [0.25, 0.3) is 0 Å². The van der Waals surface area contributed by atoms with Gasteiger partial charge in [0.05, 0.1) is 0 Å². The van der Waals surface area contributed by atoms with Gasteiger partial charge in [-0.2, -0.15) is 0 Å². The third-order valence-electron chi connectivity index (χ3n) is 3.69. The average molecular weight is 366 g/mol. The van der Waals surface area contributed by atoms with Gasteiger partial charge in [-0.15, -0.1) is 0 Å². The van der Waals surface area contributed by atoms with Crippen LogP contribution < -0.4 is 0 Å². The van der Waals surface area contributed by atoms with E-state index in [1.165, 1.54) is 11.1 Å². The first-order valence-corrected chi connectivity index (χ1v) is 11.9. The molecule has 0 bridgehead atoms. The topological polar surface area (TPSA) is 94.8 Å². The number of rotatable bonds is 11. The molecule has 0 aliphatic carbocycles.